The van der Waals surface area contributed by atoms with Crippen LogP contribution < -0.4 is 0 Å². The van der Waals surface area contributed by atoms with Crippen LogP contribution in [0.2, 0.25) is 0 Å². The van der Waals surface area contributed by atoms with Crippen LogP contribution in [0.3, 0.4) is 0 Å². The molecule has 0 aromatic heterocycles. The van der Waals surface area contributed by atoms with E-state index in [0.717, 1.165) is 32.7 Å². The molecular weight excluding hydrogens is 252 g/mol. The zero-order valence-electron chi connectivity index (χ0n) is 12.0. The molecule has 1 amide bonds. The number of hydrogen-bond acceptors (Lipinski definition) is 3. The summed E-state index contributed by atoms with van der Waals surface area (Å²) in [6, 6.07) is 10.3. The molecule has 1 saturated heterocycles. The van der Waals surface area contributed by atoms with Gasteiger partial charge in [0, 0.05) is 32.7 Å². The summed E-state index contributed by atoms with van der Waals surface area (Å²) in [6.45, 7) is 6.50. The summed E-state index contributed by atoms with van der Waals surface area (Å²) in [5.74, 6) is 0. The molecule has 108 valence electrons. The van der Waals surface area contributed by atoms with Crippen LogP contribution in [0.25, 0.3) is 6.08 Å². The molecule has 1 aliphatic heterocycles. The van der Waals surface area contributed by atoms with E-state index in [-0.39, 0.29) is 6.09 Å². The van der Waals surface area contributed by atoms with Gasteiger partial charge in [-0.25, -0.2) is 4.79 Å². The smallest absolute Gasteiger partial charge is 0.409 e. The van der Waals surface area contributed by atoms with Crippen molar-refractivity contribution in [3.05, 3.63) is 42.0 Å². The maximum Gasteiger partial charge on any atom is 0.409 e. The van der Waals surface area contributed by atoms with Crippen molar-refractivity contribution in [1.82, 2.24) is 9.80 Å². The third kappa shape index (κ3) is 4.38. The molecule has 0 bridgehead atoms. The zero-order chi connectivity index (χ0) is 14.2. The van der Waals surface area contributed by atoms with Gasteiger partial charge >= 0.3 is 6.09 Å². The van der Waals surface area contributed by atoms with Gasteiger partial charge in [0.2, 0.25) is 0 Å². The number of amides is 1. The molecule has 1 aromatic carbocycles. The molecule has 0 unspecified atom stereocenters. The molecule has 4 heteroatoms. The van der Waals surface area contributed by atoms with E-state index in [4.69, 9.17) is 4.74 Å². The van der Waals surface area contributed by atoms with E-state index in [1.54, 1.807) is 4.90 Å². The fraction of sp³-hybridized carbons (Fsp3) is 0.438. The normalized spacial score (nSPS) is 16.6. The number of benzene rings is 1. The number of rotatable bonds is 4. The average Bonchev–Trinajstić information content (AvgIpc) is 2.49. The second-order valence-corrected chi connectivity index (χ2v) is 4.80. The zero-order valence-corrected chi connectivity index (χ0v) is 12.0. The summed E-state index contributed by atoms with van der Waals surface area (Å²) >= 11 is 0. The van der Waals surface area contributed by atoms with E-state index in [0.29, 0.717) is 6.61 Å². The minimum Gasteiger partial charge on any atom is -0.450 e. The van der Waals surface area contributed by atoms with Gasteiger partial charge in [-0.2, -0.15) is 0 Å². The van der Waals surface area contributed by atoms with Gasteiger partial charge in [-0.15, -0.1) is 0 Å². The Bertz CT molecular complexity index is 437. The summed E-state index contributed by atoms with van der Waals surface area (Å²) in [6.07, 6.45) is 4.12. The van der Waals surface area contributed by atoms with E-state index >= 15 is 0 Å². The van der Waals surface area contributed by atoms with Gasteiger partial charge in [0.15, 0.2) is 0 Å². The number of carbonyl (C=O) groups excluding carboxylic acids is 1. The third-order valence-electron chi connectivity index (χ3n) is 3.37. The van der Waals surface area contributed by atoms with E-state index in [1.807, 2.05) is 25.1 Å². The van der Waals surface area contributed by atoms with E-state index in [1.165, 1.54) is 5.56 Å². The minimum atomic E-state index is -0.188. The molecule has 20 heavy (non-hydrogen) atoms. The van der Waals surface area contributed by atoms with Gasteiger partial charge in [-0.1, -0.05) is 42.5 Å². The standard InChI is InChI=1S/C16H22N2O2/c1-2-20-16(19)18-13-11-17(12-14-18)10-6-9-15-7-4-3-5-8-15/h3-9H,2,10-14H2,1H3/b9-6+. The summed E-state index contributed by atoms with van der Waals surface area (Å²) in [5.41, 5.74) is 1.22. The Kier molecular flexibility index (Phi) is 5.62. The molecule has 1 aliphatic rings. The minimum absolute atomic E-state index is 0.188. The number of ether oxygens (including phenoxy) is 1. The van der Waals surface area contributed by atoms with Crippen molar-refractivity contribution < 1.29 is 9.53 Å². The largest absolute Gasteiger partial charge is 0.450 e. The SMILES string of the molecule is CCOC(=O)N1CCN(C/C=C/c2ccccc2)CC1. The molecule has 0 atom stereocenters. The molecular formula is C16H22N2O2. The lowest BCUT2D eigenvalue weighted by Crippen LogP contribution is -2.48. The Morgan fingerprint density at radius 2 is 1.90 bits per heavy atom. The Hall–Kier alpha value is -1.81. The van der Waals surface area contributed by atoms with E-state index < -0.39 is 0 Å². The third-order valence-corrected chi connectivity index (χ3v) is 3.37. The summed E-state index contributed by atoms with van der Waals surface area (Å²) in [5, 5.41) is 0. The van der Waals surface area contributed by atoms with Gasteiger partial charge in [-0.05, 0) is 12.5 Å². The fourth-order valence-electron chi connectivity index (χ4n) is 2.23. The van der Waals surface area contributed by atoms with Crippen molar-refractivity contribution in [1.29, 1.82) is 0 Å². The maximum absolute atomic E-state index is 11.6. The van der Waals surface area contributed by atoms with Crippen LogP contribution in [0.15, 0.2) is 36.4 Å². The first-order valence-corrected chi connectivity index (χ1v) is 7.15. The summed E-state index contributed by atoms with van der Waals surface area (Å²) in [4.78, 5) is 15.7. The molecule has 1 aromatic rings. The lowest BCUT2D eigenvalue weighted by atomic mass is 10.2. The predicted molar refractivity (Wildman–Crippen MR) is 80.5 cm³/mol. The van der Waals surface area contributed by atoms with Crippen molar-refractivity contribution in [2.45, 2.75) is 6.92 Å². The van der Waals surface area contributed by atoms with Crippen molar-refractivity contribution >= 4 is 12.2 Å². The molecule has 0 spiro atoms. The Morgan fingerprint density at radius 3 is 2.55 bits per heavy atom. The Balaban J connectivity index is 1.72. The molecule has 0 saturated carbocycles. The highest BCUT2D eigenvalue weighted by Gasteiger charge is 2.20. The topological polar surface area (TPSA) is 32.8 Å². The lowest BCUT2D eigenvalue weighted by Gasteiger charge is -2.33. The van der Waals surface area contributed by atoms with Gasteiger partial charge in [0.05, 0.1) is 6.61 Å². The highest BCUT2D eigenvalue weighted by atomic mass is 16.6. The number of piperazine rings is 1. The fourth-order valence-corrected chi connectivity index (χ4v) is 2.23. The first-order valence-electron chi connectivity index (χ1n) is 7.15. The van der Waals surface area contributed by atoms with Crippen molar-refractivity contribution in [3.63, 3.8) is 0 Å². The lowest BCUT2D eigenvalue weighted by molar-refractivity contribution is 0.0825. The van der Waals surface area contributed by atoms with Crippen molar-refractivity contribution in [2.24, 2.45) is 0 Å². The number of nitrogens with zero attached hydrogens (tertiary/aromatic N) is 2. The highest BCUT2D eigenvalue weighted by Crippen LogP contribution is 2.05. The first kappa shape index (κ1) is 14.6. The molecule has 1 heterocycles. The van der Waals surface area contributed by atoms with Gasteiger partial charge < -0.3 is 9.64 Å². The maximum atomic E-state index is 11.6. The molecule has 0 N–H and O–H groups in total. The van der Waals surface area contributed by atoms with Crippen LogP contribution in [0.5, 0.6) is 0 Å². The number of carbonyl (C=O) groups is 1. The first-order chi connectivity index (χ1) is 9.79. The van der Waals surface area contributed by atoms with Crippen LogP contribution in [-0.2, 0) is 4.74 Å². The highest BCUT2D eigenvalue weighted by molar-refractivity contribution is 5.67. The molecule has 0 radical (unpaired) electrons. The van der Waals surface area contributed by atoms with Gasteiger partial charge in [-0.3, -0.25) is 4.90 Å². The average molecular weight is 274 g/mol. The number of hydrogen-bond donors (Lipinski definition) is 0. The Morgan fingerprint density at radius 1 is 1.20 bits per heavy atom. The van der Waals surface area contributed by atoms with Crippen LogP contribution in [-0.4, -0.2) is 55.2 Å². The van der Waals surface area contributed by atoms with Gasteiger partial charge in [0.1, 0.15) is 0 Å². The molecule has 1 fully saturated rings. The monoisotopic (exact) mass is 274 g/mol. The van der Waals surface area contributed by atoms with E-state index in [2.05, 4.69) is 29.2 Å². The molecule has 0 aliphatic carbocycles. The van der Waals surface area contributed by atoms with Crippen LogP contribution in [0.4, 0.5) is 4.79 Å². The van der Waals surface area contributed by atoms with Crippen LogP contribution >= 0.6 is 0 Å². The predicted octanol–water partition coefficient (Wildman–Crippen LogP) is 2.47. The quantitative estimate of drug-likeness (QED) is 0.845. The van der Waals surface area contributed by atoms with Crippen molar-refractivity contribution in [2.75, 3.05) is 39.3 Å². The van der Waals surface area contributed by atoms with Crippen LogP contribution in [0.1, 0.15) is 12.5 Å². The van der Waals surface area contributed by atoms with Gasteiger partial charge in [0.25, 0.3) is 0 Å². The second kappa shape index (κ2) is 7.70. The molecule has 2 rings (SSSR count). The second-order valence-electron chi connectivity index (χ2n) is 4.80. The van der Waals surface area contributed by atoms with E-state index in [9.17, 15) is 4.79 Å². The summed E-state index contributed by atoms with van der Waals surface area (Å²) < 4.78 is 5.01. The Labute approximate surface area is 120 Å². The van der Waals surface area contributed by atoms with Crippen molar-refractivity contribution in [3.8, 4) is 0 Å². The van der Waals surface area contributed by atoms with Crippen LogP contribution in [0, 0.1) is 0 Å². The molecule has 4 nitrogen and oxygen atoms in total. The summed E-state index contributed by atoms with van der Waals surface area (Å²) in [7, 11) is 0.